The van der Waals surface area contributed by atoms with Gasteiger partial charge in [-0.2, -0.15) is 0 Å². The summed E-state index contributed by atoms with van der Waals surface area (Å²) in [5, 5.41) is 8.08. The molecule has 0 saturated heterocycles. The van der Waals surface area contributed by atoms with Crippen molar-refractivity contribution in [2.24, 2.45) is 0 Å². The van der Waals surface area contributed by atoms with Crippen LogP contribution in [0.15, 0.2) is 24.3 Å². The molecule has 0 aromatic carbocycles. The molecule has 0 unspecified atom stereocenters. The van der Waals surface area contributed by atoms with Gasteiger partial charge in [-0.15, -0.1) is 0 Å². The van der Waals surface area contributed by atoms with Crippen LogP contribution in [0, 0.1) is 0 Å². The largest absolute Gasteiger partial charge is 1.00 e. The number of nitrogens with zero attached hydrogens (tertiary/aromatic N) is 1. The third-order valence-electron chi connectivity index (χ3n) is 2.07. The van der Waals surface area contributed by atoms with Crippen molar-refractivity contribution in [3.8, 4) is 0 Å². The first kappa shape index (κ1) is 23.7. The van der Waals surface area contributed by atoms with E-state index in [9.17, 15) is 9.59 Å². The van der Waals surface area contributed by atoms with Gasteiger partial charge in [0.05, 0.1) is 21.1 Å². The zero-order valence-electron chi connectivity index (χ0n) is 13.0. The van der Waals surface area contributed by atoms with Gasteiger partial charge in [0.15, 0.2) is 0 Å². The van der Waals surface area contributed by atoms with Crippen molar-refractivity contribution in [3.63, 3.8) is 0 Å². The van der Waals surface area contributed by atoms with Gasteiger partial charge < -0.3 is 26.7 Å². The number of carboxylic acid groups (broad SMARTS) is 1. The van der Waals surface area contributed by atoms with Gasteiger partial charge in [0, 0.05) is 11.1 Å². The van der Waals surface area contributed by atoms with E-state index in [1.54, 1.807) is 13.8 Å². The molecule has 6 heteroatoms. The molecule has 0 amide bonds. The average molecular weight is 308 g/mol. The summed E-state index contributed by atoms with van der Waals surface area (Å²) in [6.07, 6.45) is 0.523. The van der Waals surface area contributed by atoms with Crippen LogP contribution in [0.2, 0.25) is 0 Å². The summed E-state index contributed by atoms with van der Waals surface area (Å²) in [5.41, 5.74) is 0.719. The topological polar surface area (TPSA) is 63.6 Å². The van der Waals surface area contributed by atoms with E-state index in [-0.39, 0.29) is 23.9 Å². The Kier molecular flexibility index (Phi) is 13.6. The normalized spacial score (nSPS) is 9.45. The number of quaternary nitrogens is 1. The van der Waals surface area contributed by atoms with Crippen molar-refractivity contribution in [2.75, 3.05) is 34.3 Å². The first-order valence-electron chi connectivity index (χ1n) is 6.05. The third kappa shape index (κ3) is 16.7. The summed E-state index contributed by atoms with van der Waals surface area (Å²) in [4.78, 5) is 20.7. The molecule has 0 spiro atoms. The summed E-state index contributed by atoms with van der Waals surface area (Å²) in [6.45, 7) is 11.4. The number of likely N-dealkylation sites (N-methyl/N-ethyl adjacent to an activating group) is 1. The molecule has 20 heavy (non-hydrogen) atoms. The standard InChI is InChI=1S/C9H18NO2.C5H8O2.ClH/c1-8(2)9(11)12-7-6-10(3,4)5;1-3-4(2)5(6)7;/h1,6-7H2,2-5H3;2-3H2,1H3,(H,6,7);1H/q+1;;/p-1. The quantitative estimate of drug-likeness (QED) is 0.382. The lowest BCUT2D eigenvalue weighted by atomic mass is 10.2. The van der Waals surface area contributed by atoms with E-state index >= 15 is 0 Å². The molecule has 0 saturated carbocycles. The Morgan fingerprint density at radius 1 is 1.20 bits per heavy atom. The number of ether oxygens (including phenoxy) is 1. The molecule has 0 aliphatic heterocycles. The molecule has 0 fully saturated rings. The van der Waals surface area contributed by atoms with Crippen LogP contribution < -0.4 is 12.4 Å². The smallest absolute Gasteiger partial charge is 0.333 e. The van der Waals surface area contributed by atoms with E-state index in [4.69, 9.17) is 9.84 Å². The number of esters is 1. The van der Waals surface area contributed by atoms with Crippen LogP contribution in [0.25, 0.3) is 0 Å². The molecule has 0 aromatic heterocycles. The molecule has 0 rings (SSSR count). The van der Waals surface area contributed by atoms with Crippen molar-refractivity contribution < 1.29 is 36.3 Å². The number of hydrogen-bond acceptors (Lipinski definition) is 3. The third-order valence-corrected chi connectivity index (χ3v) is 2.07. The number of carboxylic acids is 1. The van der Waals surface area contributed by atoms with Crippen LogP contribution in [-0.2, 0) is 14.3 Å². The van der Waals surface area contributed by atoms with Crippen molar-refractivity contribution in [1.29, 1.82) is 0 Å². The number of carbonyl (C=O) groups is 2. The highest BCUT2D eigenvalue weighted by Crippen LogP contribution is 1.94. The minimum atomic E-state index is -0.900. The fourth-order valence-electron chi connectivity index (χ4n) is 0.687. The number of aliphatic carboxylic acids is 1. The number of halogens is 1. The zero-order valence-corrected chi connectivity index (χ0v) is 13.8. The monoisotopic (exact) mass is 307 g/mol. The van der Waals surface area contributed by atoms with Crippen molar-refractivity contribution in [2.45, 2.75) is 20.3 Å². The van der Waals surface area contributed by atoms with Gasteiger partial charge in [-0.3, -0.25) is 0 Å². The van der Waals surface area contributed by atoms with Gasteiger partial charge in [-0.25, -0.2) is 9.59 Å². The van der Waals surface area contributed by atoms with Gasteiger partial charge in [0.1, 0.15) is 13.2 Å². The van der Waals surface area contributed by atoms with E-state index in [1.807, 2.05) is 0 Å². The summed E-state index contributed by atoms with van der Waals surface area (Å²) < 4.78 is 5.72. The molecule has 0 radical (unpaired) electrons. The molecule has 5 nitrogen and oxygen atoms in total. The molecule has 0 aliphatic carbocycles. The maximum Gasteiger partial charge on any atom is 0.333 e. The van der Waals surface area contributed by atoms with Crippen molar-refractivity contribution >= 4 is 11.9 Å². The summed E-state index contributed by atoms with van der Waals surface area (Å²) in [5.74, 6) is -1.20. The van der Waals surface area contributed by atoms with Gasteiger partial charge in [-0.05, 0) is 13.3 Å². The molecule has 1 N–H and O–H groups in total. The van der Waals surface area contributed by atoms with Crippen LogP contribution in [0.3, 0.4) is 0 Å². The molecular formula is C14H26ClNO4. The van der Waals surface area contributed by atoms with Crippen LogP contribution in [0.5, 0.6) is 0 Å². The zero-order chi connectivity index (χ0) is 15.6. The average Bonchev–Trinajstić information content (AvgIpc) is 2.26. The van der Waals surface area contributed by atoms with Gasteiger partial charge >= 0.3 is 11.9 Å². The fraction of sp³-hybridized carbons (Fsp3) is 0.571. The first-order valence-corrected chi connectivity index (χ1v) is 6.05. The van der Waals surface area contributed by atoms with Crippen LogP contribution >= 0.6 is 0 Å². The van der Waals surface area contributed by atoms with Crippen LogP contribution in [0.1, 0.15) is 20.3 Å². The van der Waals surface area contributed by atoms with Gasteiger partial charge in [-0.1, -0.05) is 20.1 Å². The second kappa shape index (κ2) is 11.5. The Labute approximate surface area is 127 Å². The predicted molar refractivity (Wildman–Crippen MR) is 75.7 cm³/mol. The first-order chi connectivity index (χ1) is 8.51. The van der Waals surface area contributed by atoms with Crippen molar-refractivity contribution in [3.05, 3.63) is 24.3 Å². The Morgan fingerprint density at radius 3 is 1.85 bits per heavy atom. The Bertz CT molecular complexity index is 346. The van der Waals surface area contributed by atoms with E-state index in [2.05, 4.69) is 34.3 Å². The predicted octanol–water partition coefficient (Wildman–Crippen LogP) is -1.15. The van der Waals surface area contributed by atoms with E-state index in [0.717, 1.165) is 11.0 Å². The molecular weight excluding hydrogens is 282 g/mol. The number of hydrogen-bond donors (Lipinski definition) is 1. The minimum Gasteiger partial charge on any atom is -1.00 e. The maximum atomic E-state index is 10.9. The molecule has 0 bridgehead atoms. The molecule has 0 atom stereocenters. The van der Waals surface area contributed by atoms with Crippen LogP contribution in [-0.4, -0.2) is 55.8 Å². The van der Waals surface area contributed by atoms with E-state index < -0.39 is 5.97 Å². The molecule has 0 heterocycles. The molecule has 0 aromatic rings. The summed E-state index contributed by atoms with van der Waals surface area (Å²) in [6, 6.07) is 0. The summed E-state index contributed by atoms with van der Waals surface area (Å²) in [7, 11) is 6.15. The minimum absolute atomic E-state index is 0. The second-order valence-electron chi connectivity index (χ2n) is 5.19. The van der Waals surface area contributed by atoms with Gasteiger partial charge in [0.25, 0.3) is 0 Å². The highest BCUT2D eigenvalue weighted by atomic mass is 35.5. The Balaban J connectivity index is -0.000000312. The van der Waals surface area contributed by atoms with Crippen LogP contribution in [0.4, 0.5) is 0 Å². The maximum absolute atomic E-state index is 10.9. The summed E-state index contributed by atoms with van der Waals surface area (Å²) >= 11 is 0. The van der Waals surface area contributed by atoms with Gasteiger partial charge in [0.2, 0.25) is 0 Å². The SMILES string of the molecule is C=C(C)C(=O)OCC[N+](C)(C)C.C=C(CC)C(=O)O.[Cl-]. The van der Waals surface area contributed by atoms with E-state index in [1.165, 1.54) is 0 Å². The van der Waals surface area contributed by atoms with Crippen molar-refractivity contribution in [1.82, 2.24) is 0 Å². The Hall–Kier alpha value is -1.33. The number of carbonyl (C=O) groups excluding carboxylic acids is 1. The lowest BCUT2D eigenvalue weighted by Gasteiger charge is -2.23. The molecule has 118 valence electrons. The second-order valence-corrected chi connectivity index (χ2v) is 5.19. The highest BCUT2D eigenvalue weighted by Gasteiger charge is 2.09. The lowest BCUT2D eigenvalue weighted by Crippen LogP contribution is -3.00. The highest BCUT2D eigenvalue weighted by molar-refractivity contribution is 5.86. The Morgan fingerprint density at radius 2 is 1.65 bits per heavy atom. The van der Waals surface area contributed by atoms with E-state index in [0.29, 0.717) is 18.6 Å². The lowest BCUT2D eigenvalue weighted by molar-refractivity contribution is -0.870. The molecule has 0 aliphatic rings. The fourth-order valence-corrected chi connectivity index (χ4v) is 0.687. The number of rotatable bonds is 6.